The number of hydrogen-bond acceptors (Lipinski definition) is 4. The number of nitrogens with zero attached hydrogens (tertiary/aromatic N) is 2. The average molecular weight is 453 g/mol. The molecule has 31 heavy (non-hydrogen) atoms. The van der Waals surface area contributed by atoms with Gasteiger partial charge in [-0.1, -0.05) is 11.6 Å². The number of halogens is 1. The van der Waals surface area contributed by atoms with Gasteiger partial charge in [0.15, 0.2) is 0 Å². The van der Waals surface area contributed by atoms with Gasteiger partial charge in [0, 0.05) is 29.6 Å². The molecule has 2 aromatic carbocycles. The number of nitrogens with one attached hydrogen (secondary N) is 2. The summed E-state index contributed by atoms with van der Waals surface area (Å²) in [5.74, 6) is -0.152. The summed E-state index contributed by atoms with van der Waals surface area (Å²) < 4.78 is 24.8. The molecule has 0 saturated carbocycles. The van der Waals surface area contributed by atoms with E-state index in [1.54, 1.807) is 42.5 Å². The summed E-state index contributed by atoms with van der Waals surface area (Å²) in [4.78, 5) is 20.4. The van der Waals surface area contributed by atoms with Crippen LogP contribution in [0.4, 0.5) is 11.4 Å². The van der Waals surface area contributed by atoms with E-state index in [-0.39, 0.29) is 11.7 Å². The quantitative estimate of drug-likeness (QED) is 0.483. The Labute approximate surface area is 183 Å². The van der Waals surface area contributed by atoms with Crippen LogP contribution in [0.15, 0.2) is 66.9 Å². The maximum atomic E-state index is 12.7. The van der Waals surface area contributed by atoms with Crippen molar-refractivity contribution >= 4 is 49.9 Å². The number of fused-ring (bicyclic) bond motifs is 1. The van der Waals surface area contributed by atoms with Crippen LogP contribution >= 0.6 is 11.6 Å². The number of sulfonamides is 1. The van der Waals surface area contributed by atoms with Crippen molar-refractivity contribution in [2.75, 3.05) is 21.9 Å². The standard InChI is InChI=1S/C22H17ClN4O3S/c23-18-6-3-15(13-17(18)19-7-8-20-21(26-19)9-10-24-20)25-22(28)14-1-4-16(5-2-14)27-11-12-31(27,29)30/h1-10,13,24H,11-12H2,(H,25,28). The fourth-order valence-corrected chi connectivity index (χ4v) is 4.81. The molecule has 0 spiro atoms. The summed E-state index contributed by atoms with van der Waals surface area (Å²) in [7, 11) is -3.19. The number of carbonyl (C=O) groups is 1. The number of pyridine rings is 1. The molecule has 1 fully saturated rings. The third-order valence-electron chi connectivity index (χ3n) is 5.21. The largest absolute Gasteiger partial charge is 0.360 e. The summed E-state index contributed by atoms with van der Waals surface area (Å²) in [6.07, 6.45) is 1.82. The van der Waals surface area contributed by atoms with Gasteiger partial charge in [-0.25, -0.2) is 13.4 Å². The van der Waals surface area contributed by atoms with E-state index in [0.717, 1.165) is 11.0 Å². The van der Waals surface area contributed by atoms with E-state index in [1.807, 2.05) is 24.4 Å². The molecule has 9 heteroatoms. The zero-order valence-corrected chi connectivity index (χ0v) is 17.7. The van der Waals surface area contributed by atoms with Gasteiger partial charge >= 0.3 is 0 Å². The van der Waals surface area contributed by atoms with Gasteiger partial charge in [0.2, 0.25) is 10.0 Å². The van der Waals surface area contributed by atoms with Crippen molar-refractivity contribution in [3.05, 3.63) is 77.4 Å². The predicted octanol–water partition coefficient (Wildman–Crippen LogP) is 4.29. The molecule has 156 valence electrons. The Kier molecular flexibility index (Phi) is 4.68. The molecular weight excluding hydrogens is 436 g/mol. The first kappa shape index (κ1) is 19.6. The minimum absolute atomic E-state index is 0.153. The molecule has 1 aliphatic rings. The number of benzene rings is 2. The zero-order chi connectivity index (χ0) is 21.6. The van der Waals surface area contributed by atoms with Crippen molar-refractivity contribution < 1.29 is 13.2 Å². The van der Waals surface area contributed by atoms with Gasteiger partial charge in [-0.2, -0.15) is 0 Å². The first-order chi connectivity index (χ1) is 14.9. The molecule has 2 N–H and O–H groups in total. The van der Waals surface area contributed by atoms with E-state index in [0.29, 0.717) is 39.8 Å². The number of aromatic nitrogens is 2. The molecule has 1 saturated heterocycles. The summed E-state index contributed by atoms with van der Waals surface area (Å²) in [5.41, 5.74) is 4.72. The molecule has 0 bridgehead atoms. The second-order valence-electron chi connectivity index (χ2n) is 7.19. The molecule has 0 atom stereocenters. The molecule has 2 aromatic heterocycles. The molecule has 1 aliphatic heterocycles. The van der Waals surface area contributed by atoms with Crippen molar-refractivity contribution in [1.29, 1.82) is 0 Å². The third kappa shape index (κ3) is 3.64. The Morgan fingerprint density at radius 2 is 1.87 bits per heavy atom. The fraction of sp³-hybridized carbons (Fsp3) is 0.0909. The van der Waals surface area contributed by atoms with Crippen molar-refractivity contribution in [1.82, 2.24) is 9.97 Å². The molecule has 0 radical (unpaired) electrons. The number of amides is 1. The highest BCUT2D eigenvalue weighted by Gasteiger charge is 2.32. The van der Waals surface area contributed by atoms with Gasteiger partial charge in [-0.3, -0.25) is 9.10 Å². The molecule has 5 rings (SSSR count). The van der Waals surface area contributed by atoms with Gasteiger partial charge < -0.3 is 10.3 Å². The van der Waals surface area contributed by atoms with Crippen molar-refractivity contribution in [3.63, 3.8) is 0 Å². The average Bonchev–Trinajstić information content (AvgIpc) is 3.23. The van der Waals surface area contributed by atoms with Crippen LogP contribution in [0, 0.1) is 0 Å². The molecule has 1 amide bonds. The Bertz CT molecular complexity index is 1410. The highest BCUT2D eigenvalue weighted by Crippen LogP contribution is 2.31. The summed E-state index contributed by atoms with van der Waals surface area (Å²) >= 11 is 6.38. The Balaban J connectivity index is 1.37. The van der Waals surface area contributed by atoms with Gasteiger partial charge in [-0.15, -0.1) is 0 Å². The van der Waals surface area contributed by atoms with Crippen molar-refractivity contribution in [3.8, 4) is 11.3 Å². The van der Waals surface area contributed by atoms with Crippen LogP contribution in [-0.2, 0) is 10.0 Å². The minimum Gasteiger partial charge on any atom is -0.360 e. The van der Waals surface area contributed by atoms with Crippen LogP contribution < -0.4 is 9.62 Å². The van der Waals surface area contributed by atoms with E-state index in [4.69, 9.17) is 11.6 Å². The van der Waals surface area contributed by atoms with Gasteiger partial charge in [0.05, 0.1) is 33.2 Å². The maximum absolute atomic E-state index is 12.7. The number of H-pyrrole nitrogens is 1. The second kappa shape index (κ2) is 7.40. The van der Waals surface area contributed by atoms with Crippen LogP contribution in [0.25, 0.3) is 22.3 Å². The molecule has 7 nitrogen and oxygen atoms in total. The van der Waals surface area contributed by atoms with Crippen LogP contribution in [0.5, 0.6) is 0 Å². The molecule has 4 aromatic rings. The maximum Gasteiger partial charge on any atom is 0.255 e. The Morgan fingerprint density at radius 3 is 2.58 bits per heavy atom. The van der Waals surface area contributed by atoms with Crippen molar-refractivity contribution in [2.24, 2.45) is 0 Å². The van der Waals surface area contributed by atoms with Crippen LogP contribution in [-0.4, -0.2) is 36.6 Å². The van der Waals surface area contributed by atoms with E-state index in [2.05, 4.69) is 15.3 Å². The van der Waals surface area contributed by atoms with E-state index in [1.165, 1.54) is 4.31 Å². The zero-order valence-electron chi connectivity index (χ0n) is 16.2. The molecular formula is C22H17ClN4O3S. The van der Waals surface area contributed by atoms with Crippen LogP contribution in [0.3, 0.4) is 0 Å². The highest BCUT2D eigenvalue weighted by atomic mass is 35.5. The number of rotatable bonds is 4. The van der Waals surface area contributed by atoms with Gasteiger partial charge in [0.1, 0.15) is 0 Å². The normalized spacial score (nSPS) is 14.9. The monoisotopic (exact) mass is 452 g/mol. The fourth-order valence-electron chi connectivity index (χ4n) is 3.49. The predicted molar refractivity (Wildman–Crippen MR) is 122 cm³/mol. The molecule has 0 aliphatic carbocycles. The van der Waals surface area contributed by atoms with Crippen molar-refractivity contribution in [2.45, 2.75) is 0 Å². The summed E-state index contributed by atoms with van der Waals surface area (Å²) in [6, 6.07) is 17.4. The number of hydrogen-bond donors (Lipinski definition) is 2. The van der Waals surface area contributed by atoms with Crippen LogP contribution in [0.2, 0.25) is 5.02 Å². The number of aromatic amines is 1. The first-order valence-electron chi connectivity index (χ1n) is 9.57. The van der Waals surface area contributed by atoms with E-state index in [9.17, 15) is 13.2 Å². The summed E-state index contributed by atoms with van der Waals surface area (Å²) in [5, 5.41) is 3.39. The Hall–Kier alpha value is -3.36. The van der Waals surface area contributed by atoms with E-state index >= 15 is 0 Å². The lowest BCUT2D eigenvalue weighted by atomic mass is 10.1. The van der Waals surface area contributed by atoms with E-state index < -0.39 is 10.0 Å². The number of anilines is 2. The van der Waals surface area contributed by atoms with Crippen LogP contribution in [0.1, 0.15) is 10.4 Å². The summed E-state index contributed by atoms with van der Waals surface area (Å²) in [6.45, 7) is 0.462. The third-order valence-corrected chi connectivity index (χ3v) is 7.30. The lowest BCUT2D eigenvalue weighted by molar-refractivity contribution is 0.102. The lowest BCUT2D eigenvalue weighted by Gasteiger charge is -2.32. The second-order valence-corrected chi connectivity index (χ2v) is 9.61. The topological polar surface area (TPSA) is 95.2 Å². The highest BCUT2D eigenvalue weighted by molar-refractivity contribution is 7.94. The SMILES string of the molecule is O=C(Nc1ccc(Cl)c(-c2ccc3[nH]ccc3n2)c1)c1ccc(N2CCS2(=O)=O)cc1. The lowest BCUT2D eigenvalue weighted by Crippen LogP contribution is -2.47. The minimum atomic E-state index is -3.19. The Morgan fingerprint density at radius 1 is 1.06 bits per heavy atom. The first-order valence-corrected chi connectivity index (χ1v) is 11.6. The number of carbonyl (C=O) groups excluding carboxylic acids is 1. The van der Waals surface area contributed by atoms with Gasteiger partial charge in [0.25, 0.3) is 5.91 Å². The molecule has 0 unspecified atom stereocenters. The molecule has 3 heterocycles. The smallest absolute Gasteiger partial charge is 0.255 e. The van der Waals surface area contributed by atoms with Gasteiger partial charge in [-0.05, 0) is 60.7 Å².